The maximum absolute atomic E-state index is 13.0. The Morgan fingerprint density at radius 1 is 1.26 bits per heavy atom. The monoisotopic (exact) mass is 399 g/mol. The molecule has 1 N–H and O–H groups in total. The van der Waals surface area contributed by atoms with Crippen LogP contribution in [0.1, 0.15) is 26.3 Å². The quantitative estimate of drug-likeness (QED) is 0.680. The van der Waals surface area contributed by atoms with Gasteiger partial charge in [0.25, 0.3) is 5.78 Å². The number of carbonyl (C=O) groups is 2. The van der Waals surface area contributed by atoms with E-state index in [2.05, 4.69) is 4.72 Å². The van der Waals surface area contributed by atoms with E-state index in [9.17, 15) is 18.0 Å². The van der Waals surface area contributed by atoms with Gasteiger partial charge >= 0.3 is 5.97 Å². The molecule has 1 aromatic carbocycles. The molecule has 1 aliphatic heterocycles. The lowest BCUT2D eigenvalue weighted by Crippen LogP contribution is -2.33. The van der Waals surface area contributed by atoms with Crippen molar-refractivity contribution in [3.63, 3.8) is 0 Å². The Balaban J connectivity index is 2.58. The van der Waals surface area contributed by atoms with E-state index in [1.807, 2.05) is 0 Å². The third-order valence-electron chi connectivity index (χ3n) is 3.95. The highest BCUT2D eigenvalue weighted by atomic mass is 32.2. The van der Waals surface area contributed by atoms with Crippen molar-refractivity contribution in [1.29, 1.82) is 0 Å². The van der Waals surface area contributed by atoms with Crippen molar-refractivity contribution in [3.05, 3.63) is 35.4 Å². The SMILES string of the molecule is CCS(=O)(=O)NC1=C(OC(C)=O)C(=O)C(C)(c2cc(OC)ccc2OC)O1. The predicted molar refractivity (Wildman–Crippen MR) is 94.4 cm³/mol. The highest BCUT2D eigenvalue weighted by Gasteiger charge is 2.51. The Hall–Kier alpha value is -2.75. The van der Waals surface area contributed by atoms with E-state index < -0.39 is 39.0 Å². The second-order valence-electron chi connectivity index (χ2n) is 5.79. The number of ether oxygens (including phenoxy) is 4. The summed E-state index contributed by atoms with van der Waals surface area (Å²) in [6.45, 7) is 3.92. The van der Waals surface area contributed by atoms with Crippen molar-refractivity contribution < 1.29 is 37.0 Å². The first-order valence-corrected chi connectivity index (χ1v) is 9.62. The van der Waals surface area contributed by atoms with Crippen molar-refractivity contribution in [3.8, 4) is 11.5 Å². The number of carbonyl (C=O) groups excluding carboxylic acids is 2. The fourth-order valence-corrected chi connectivity index (χ4v) is 3.06. The zero-order valence-electron chi connectivity index (χ0n) is 15.6. The van der Waals surface area contributed by atoms with E-state index in [1.54, 1.807) is 12.1 Å². The van der Waals surface area contributed by atoms with Crippen LogP contribution in [-0.2, 0) is 34.7 Å². The van der Waals surface area contributed by atoms with E-state index in [-0.39, 0.29) is 11.3 Å². The number of Topliss-reactive ketones (excluding diaryl/α,β-unsaturated/α-hetero) is 1. The molecule has 10 heteroatoms. The Morgan fingerprint density at radius 2 is 1.93 bits per heavy atom. The van der Waals surface area contributed by atoms with E-state index in [0.717, 1.165) is 6.92 Å². The minimum atomic E-state index is -3.79. The van der Waals surface area contributed by atoms with Gasteiger partial charge in [-0.1, -0.05) is 0 Å². The lowest BCUT2D eigenvalue weighted by Gasteiger charge is -2.26. The average molecular weight is 399 g/mol. The summed E-state index contributed by atoms with van der Waals surface area (Å²) < 4.78 is 47.1. The van der Waals surface area contributed by atoms with E-state index in [1.165, 1.54) is 34.1 Å². The van der Waals surface area contributed by atoms with Crippen LogP contribution in [-0.4, -0.2) is 40.1 Å². The Kier molecular flexibility index (Phi) is 5.69. The number of esters is 1. The normalized spacial score (nSPS) is 19.5. The second-order valence-corrected chi connectivity index (χ2v) is 7.80. The summed E-state index contributed by atoms with van der Waals surface area (Å²) in [5.41, 5.74) is -1.42. The maximum atomic E-state index is 13.0. The molecule has 0 radical (unpaired) electrons. The zero-order valence-corrected chi connectivity index (χ0v) is 16.4. The van der Waals surface area contributed by atoms with E-state index >= 15 is 0 Å². The molecule has 1 atom stereocenters. The number of sulfonamides is 1. The summed E-state index contributed by atoms with van der Waals surface area (Å²) in [7, 11) is -0.923. The van der Waals surface area contributed by atoms with Gasteiger partial charge in [-0.3, -0.25) is 14.3 Å². The van der Waals surface area contributed by atoms with Gasteiger partial charge < -0.3 is 18.9 Å². The van der Waals surface area contributed by atoms with Crippen LogP contribution in [0, 0.1) is 0 Å². The van der Waals surface area contributed by atoms with Crippen molar-refractivity contribution >= 4 is 21.8 Å². The van der Waals surface area contributed by atoms with Crippen LogP contribution < -0.4 is 14.2 Å². The first-order chi connectivity index (χ1) is 12.6. The molecule has 0 saturated heterocycles. The molecule has 9 nitrogen and oxygen atoms in total. The van der Waals surface area contributed by atoms with Gasteiger partial charge in [0.1, 0.15) is 11.5 Å². The molecule has 2 rings (SSSR count). The fourth-order valence-electron chi connectivity index (χ4n) is 2.50. The van der Waals surface area contributed by atoms with Gasteiger partial charge in [-0.25, -0.2) is 8.42 Å². The first-order valence-electron chi connectivity index (χ1n) is 7.97. The number of hydrogen-bond acceptors (Lipinski definition) is 8. The minimum Gasteiger partial charge on any atom is -0.497 e. The Labute approximate surface area is 157 Å². The molecule has 0 bridgehead atoms. The molecule has 0 fully saturated rings. The minimum absolute atomic E-state index is 0.263. The average Bonchev–Trinajstić information content (AvgIpc) is 2.85. The molecule has 1 heterocycles. The smallest absolute Gasteiger partial charge is 0.308 e. The van der Waals surface area contributed by atoms with Crippen LogP contribution >= 0.6 is 0 Å². The molecular formula is C17H21NO8S. The number of benzene rings is 1. The number of nitrogens with one attached hydrogen (secondary N) is 1. The van der Waals surface area contributed by atoms with E-state index in [4.69, 9.17) is 18.9 Å². The maximum Gasteiger partial charge on any atom is 0.308 e. The van der Waals surface area contributed by atoms with Gasteiger partial charge in [-0.15, -0.1) is 0 Å². The molecule has 0 amide bonds. The summed E-state index contributed by atoms with van der Waals surface area (Å²) in [5.74, 6) is -2.03. The number of hydrogen-bond donors (Lipinski definition) is 1. The summed E-state index contributed by atoms with van der Waals surface area (Å²) in [6.07, 6.45) is 0. The molecule has 1 aromatic rings. The molecular weight excluding hydrogens is 378 g/mol. The van der Waals surface area contributed by atoms with Crippen LogP contribution in [0.2, 0.25) is 0 Å². The third-order valence-corrected chi connectivity index (χ3v) is 5.20. The van der Waals surface area contributed by atoms with Crippen molar-refractivity contribution in [1.82, 2.24) is 4.72 Å². The van der Waals surface area contributed by atoms with Crippen LogP contribution in [0.25, 0.3) is 0 Å². The zero-order chi connectivity index (χ0) is 20.4. The van der Waals surface area contributed by atoms with Crippen LogP contribution in [0.4, 0.5) is 0 Å². The second kappa shape index (κ2) is 7.47. The van der Waals surface area contributed by atoms with Gasteiger partial charge in [-0.05, 0) is 32.0 Å². The molecule has 0 aromatic heterocycles. The van der Waals surface area contributed by atoms with Gasteiger partial charge in [0.15, 0.2) is 0 Å². The molecule has 1 unspecified atom stereocenters. The van der Waals surface area contributed by atoms with Crippen molar-refractivity contribution in [2.75, 3.05) is 20.0 Å². The highest BCUT2D eigenvalue weighted by molar-refractivity contribution is 7.89. The number of ketones is 1. The number of methoxy groups -OCH3 is 2. The first kappa shape index (κ1) is 20.6. The Bertz CT molecular complexity index is 906. The summed E-state index contributed by atoms with van der Waals surface area (Å²) in [4.78, 5) is 24.4. The molecule has 0 saturated carbocycles. The molecule has 27 heavy (non-hydrogen) atoms. The van der Waals surface area contributed by atoms with Gasteiger partial charge in [0.05, 0.1) is 20.0 Å². The van der Waals surface area contributed by atoms with Crippen molar-refractivity contribution in [2.45, 2.75) is 26.4 Å². The molecule has 0 aliphatic carbocycles. The summed E-state index contributed by atoms with van der Waals surface area (Å²) in [5, 5.41) is 0. The topological polar surface area (TPSA) is 117 Å². The van der Waals surface area contributed by atoms with Gasteiger partial charge in [0.2, 0.25) is 27.3 Å². The standard InChI is InChI=1S/C17H21NO8S/c1-6-27(21,22)18-16-14(25-10(2)19)15(20)17(3,26-16)12-9-11(23-4)7-8-13(12)24-5/h7-9,18H,6H2,1-5H3. The van der Waals surface area contributed by atoms with Crippen LogP contribution in [0.3, 0.4) is 0 Å². The molecule has 148 valence electrons. The number of rotatable bonds is 7. The highest BCUT2D eigenvalue weighted by Crippen LogP contribution is 2.43. The summed E-state index contributed by atoms with van der Waals surface area (Å²) in [6, 6.07) is 4.74. The van der Waals surface area contributed by atoms with Crippen LogP contribution in [0.15, 0.2) is 29.8 Å². The fraction of sp³-hybridized carbons (Fsp3) is 0.412. The lowest BCUT2D eigenvalue weighted by molar-refractivity contribution is -0.142. The lowest BCUT2D eigenvalue weighted by atomic mass is 9.90. The summed E-state index contributed by atoms with van der Waals surface area (Å²) >= 11 is 0. The molecule has 1 aliphatic rings. The van der Waals surface area contributed by atoms with E-state index in [0.29, 0.717) is 11.5 Å². The third kappa shape index (κ3) is 4.00. The van der Waals surface area contributed by atoms with Crippen LogP contribution in [0.5, 0.6) is 11.5 Å². The predicted octanol–water partition coefficient (Wildman–Crippen LogP) is 1.19. The molecule has 0 spiro atoms. The van der Waals surface area contributed by atoms with Gasteiger partial charge in [-0.2, -0.15) is 0 Å². The van der Waals surface area contributed by atoms with Crippen molar-refractivity contribution in [2.24, 2.45) is 0 Å². The largest absolute Gasteiger partial charge is 0.497 e. The van der Waals surface area contributed by atoms with Gasteiger partial charge in [0, 0.05) is 12.5 Å². The Morgan fingerprint density at radius 3 is 2.44 bits per heavy atom.